The molecule has 0 aromatic carbocycles. The van der Waals surface area contributed by atoms with Crippen LogP contribution in [0, 0.1) is 0 Å². The number of carbonyl (C=O) groups is 1. The molecule has 1 aromatic heterocycles. The molecule has 1 heterocycles. The summed E-state index contributed by atoms with van der Waals surface area (Å²) in [5.41, 5.74) is 6.44. The molecule has 0 bridgehead atoms. The molecule has 2 rings (SSSR count). The summed E-state index contributed by atoms with van der Waals surface area (Å²) in [5, 5.41) is 3.26. The van der Waals surface area contributed by atoms with Crippen molar-refractivity contribution < 1.29 is 14.3 Å². The first kappa shape index (κ1) is 13.6. The fraction of sp³-hybridized carbons (Fsp3) is 0.538. The number of nitrogens with two attached hydrogens (primary N) is 1. The topological polar surface area (TPSA) is 86.5 Å². The summed E-state index contributed by atoms with van der Waals surface area (Å²) in [7, 11) is 3.03. The highest BCUT2D eigenvalue weighted by atomic mass is 16.5. The summed E-state index contributed by atoms with van der Waals surface area (Å²) in [4.78, 5) is 15.9. The largest absolute Gasteiger partial charge is 0.465 e. The van der Waals surface area contributed by atoms with Gasteiger partial charge in [-0.3, -0.25) is 0 Å². The van der Waals surface area contributed by atoms with Gasteiger partial charge < -0.3 is 20.5 Å². The first-order valence-electron chi connectivity index (χ1n) is 6.29. The van der Waals surface area contributed by atoms with Crippen molar-refractivity contribution in [1.29, 1.82) is 0 Å². The van der Waals surface area contributed by atoms with Gasteiger partial charge in [-0.25, -0.2) is 9.78 Å². The van der Waals surface area contributed by atoms with Gasteiger partial charge in [0, 0.05) is 7.11 Å². The van der Waals surface area contributed by atoms with Crippen LogP contribution < -0.4 is 11.1 Å². The Morgan fingerprint density at radius 1 is 1.47 bits per heavy atom. The summed E-state index contributed by atoms with van der Waals surface area (Å²) < 4.78 is 10.2. The Balaban J connectivity index is 2.22. The summed E-state index contributed by atoms with van der Waals surface area (Å²) in [5.74, 6) is 0.0456. The Kier molecular flexibility index (Phi) is 4.21. The molecule has 0 saturated heterocycles. The van der Waals surface area contributed by atoms with Crippen LogP contribution in [0.1, 0.15) is 29.6 Å². The average molecular weight is 265 g/mol. The second-order valence-electron chi connectivity index (χ2n) is 4.61. The van der Waals surface area contributed by atoms with E-state index < -0.39 is 5.97 Å². The van der Waals surface area contributed by atoms with Crippen LogP contribution in [0.25, 0.3) is 0 Å². The highest BCUT2D eigenvalue weighted by molar-refractivity contribution is 5.95. The lowest BCUT2D eigenvalue weighted by atomic mass is 10.2. The number of pyridine rings is 1. The number of carbonyl (C=O) groups excluding carboxylic acids is 1. The van der Waals surface area contributed by atoms with Gasteiger partial charge in [0.05, 0.1) is 31.1 Å². The number of aromatic nitrogens is 1. The minimum atomic E-state index is -0.450. The molecule has 2 unspecified atom stereocenters. The maximum absolute atomic E-state index is 11.7. The number of nitrogen functional groups attached to an aromatic ring is 1. The molecule has 1 fully saturated rings. The molecule has 0 radical (unpaired) electrons. The van der Waals surface area contributed by atoms with Crippen molar-refractivity contribution in [2.45, 2.75) is 31.4 Å². The second-order valence-corrected chi connectivity index (χ2v) is 4.61. The summed E-state index contributed by atoms with van der Waals surface area (Å²) in [6.07, 6.45) is 4.76. The van der Waals surface area contributed by atoms with Crippen LogP contribution in [-0.4, -0.2) is 37.3 Å². The number of ether oxygens (including phenoxy) is 2. The van der Waals surface area contributed by atoms with Crippen molar-refractivity contribution >= 4 is 17.5 Å². The van der Waals surface area contributed by atoms with E-state index in [0.717, 1.165) is 19.3 Å². The SMILES string of the molecule is COC(=O)c1cc(N)cnc1NC1CCCC1OC. The molecule has 0 aliphatic heterocycles. The zero-order chi connectivity index (χ0) is 13.8. The highest BCUT2D eigenvalue weighted by Crippen LogP contribution is 2.26. The first-order chi connectivity index (χ1) is 9.15. The van der Waals surface area contributed by atoms with Gasteiger partial charge in [-0.05, 0) is 25.3 Å². The van der Waals surface area contributed by atoms with Crippen molar-refractivity contribution in [2.75, 3.05) is 25.3 Å². The van der Waals surface area contributed by atoms with Crippen molar-refractivity contribution in [3.05, 3.63) is 17.8 Å². The maximum atomic E-state index is 11.7. The monoisotopic (exact) mass is 265 g/mol. The Morgan fingerprint density at radius 2 is 2.26 bits per heavy atom. The third kappa shape index (κ3) is 2.96. The molecule has 0 spiro atoms. The van der Waals surface area contributed by atoms with Gasteiger partial charge in [-0.1, -0.05) is 0 Å². The van der Waals surface area contributed by atoms with Crippen molar-refractivity contribution in [2.24, 2.45) is 0 Å². The second kappa shape index (κ2) is 5.88. The quantitative estimate of drug-likeness (QED) is 0.801. The molecule has 6 heteroatoms. The fourth-order valence-electron chi connectivity index (χ4n) is 2.41. The minimum Gasteiger partial charge on any atom is -0.465 e. The van der Waals surface area contributed by atoms with Gasteiger partial charge in [0.25, 0.3) is 0 Å². The number of hydrogen-bond acceptors (Lipinski definition) is 6. The number of nitrogens with zero attached hydrogens (tertiary/aromatic N) is 1. The third-order valence-corrected chi connectivity index (χ3v) is 3.39. The average Bonchev–Trinajstić information content (AvgIpc) is 2.87. The van der Waals surface area contributed by atoms with E-state index in [0.29, 0.717) is 17.1 Å². The number of methoxy groups -OCH3 is 2. The van der Waals surface area contributed by atoms with Crippen LogP contribution in [-0.2, 0) is 9.47 Å². The normalized spacial score (nSPS) is 22.2. The molecular weight excluding hydrogens is 246 g/mol. The van der Waals surface area contributed by atoms with Crippen LogP contribution in [0.4, 0.5) is 11.5 Å². The summed E-state index contributed by atoms with van der Waals surface area (Å²) in [6, 6.07) is 1.72. The lowest BCUT2D eigenvalue weighted by Crippen LogP contribution is -2.31. The zero-order valence-electron chi connectivity index (χ0n) is 11.2. The predicted octanol–water partition coefficient (Wildman–Crippen LogP) is 1.43. The van der Waals surface area contributed by atoms with E-state index >= 15 is 0 Å². The van der Waals surface area contributed by atoms with E-state index in [-0.39, 0.29) is 12.1 Å². The molecule has 3 N–H and O–H groups in total. The van der Waals surface area contributed by atoms with Crippen molar-refractivity contribution in [1.82, 2.24) is 4.98 Å². The van der Waals surface area contributed by atoms with Crippen LogP contribution >= 0.6 is 0 Å². The van der Waals surface area contributed by atoms with E-state index in [4.69, 9.17) is 15.2 Å². The van der Waals surface area contributed by atoms with Gasteiger partial charge in [0.1, 0.15) is 11.4 Å². The van der Waals surface area contributed by atoms with Crippen LogP contribution in [0.5, 0.6) is 0 Å². The number of esters is 1. The molecule has 2 atom stereocenters. The molecule has 6 nitrogen and oxygen atoms in total. The lowest BCUT2D eigenvalue weighted by molar-refractivity contribution is 0.0601. The zero-order valence-corrected chi connectivity index (χ0v) is 11.2. The van der Waals surface area contributed by atoms with Crippen molar-refractivity contribution in [3.8, 4) is 0 Å². The van der Waals surface area contributed by atoms with E-state index in [1.165, 1.54) is 13.3 Å². The Bertz CT molecular complexity index is 464. The summed E-state index contributed by atoms with van der Waals surface area (Å²) >= 11 is 0. The molecule has 19 heavy (non-hydrogen) atoms. The number of nitrogens with one attached hydrogen (secondary N) is 1. The Labute approximate surface area is 112 Å². The van der Waals surface area contributed by atoms with Gasteiger partial charge in [-0.2, -0.15) is 0 Å². The van der Waals surface area contributed by atoms with Gasteiger partial charge >= 0.3 is 5.97 Å². The maximum Gasteiger partial charge on any atom is 0.341 e. The fourth-order valence-corrected chi connectivity index (χ4v) is 2.41. The Morgan fingerprint density at radius 3 is 2.95 bits per heavy atom. The first-order valence-corrected chi connectivity index (χ1v) is 6.29. The smallest absolute Gasteiger partial charge is 0.341 e. The van der Waals surface area contributed by atoms with Gasteiger partial charge in [-0.15, -0.1) is 0 Å². The van der Waals surface area contributed by atoms with E-state index in [1.54, 1.807) is 13.2 Å². The third-order valence-electron chi connectivity index (χ3n) is 3.39. The van der Waals surface area contributed by atoms with E-state index in [1.807, 2.05) is 0 Å². The number of anilines is 2. The van der Waals surface area contributed by atoms with Crippen molar-refractivity contribution in [3.63, 3.8) is 0 Å². The van der Waals surface area contributed by atoms with Gasteiger partial charge in [0.2, 0.25) is 0 Å². The molecular formula is C13H19N3O3. The van der Waals surface area contributed by atoms with E-state index in [9.17, 15) is 4.79 Å². The molecule has 0 amide bonds. The van der Waals surface area contributed by atoms with Crippen LogP contribution in [0.2, 0.25) is 0 Å². The lowest BCUT2D eigenvalue weighted by Gasteiger charge is -2.21. The number of hydrogen-bond donors (Lipinski definition) is 2. The molecule has 1 aliphatic rings. The van der Waals surface area contributed by atoms with Crippen LogP contribution in [0.15, 0.2) is 12.3 Å². The van der Waals surface area contributed by atoms with Gasteiger partial charge in [0.15, 0.2) is 0 Å². The predicted molar refractivity (Wildman–Crippen MR) is 72.0 cm³/mol. The summed E-state index contributed by atoms with van der Waals surface area (Å²) in [6.45, 7) is 0. The molecule has 1 aliphatic carbocycles. The molecule has 1 aromatic rings. The number of rotatable bonds is 4. The molecule has 104 valence electrons. The molecule has 1 saturated carbocycles. The van der Waals surface area contributed by atoms with E-state index in [2.05, 4.69) is 10.3 Å². The van der Waals surface area contributed by atoms with Crippen LogP contribution in [0.3, 0.4) is 0 Å². The standard InChI is InChI=1S/C13H19N3O3/c1-18-11-5-3-4-10(11)16-12-9(13(17)19-2)6-8(14)7-15-12/h6-7,10-11H,3-5,14H2,1-2H3,(H,15,16). The Hall–Kier alpha value is -1.82. The minimum absolute atomic E-state index is 0.143. The highest BCUT2D eigenvalue weighted by Gasteiger charge is 2.28.